The maximum atomic E-state index is 12.8. The minimum Gasteiger partial charge on any atom is -0.322 e. The average Bonchev–Trinajstić information content (AvgIpc) is 3.46. The van der Waals surface area contributed by atoms with E-state index in [1.165, 1.54) is 31.2 Å². The molecule has 1 aromatic carbocycles. The molecule has 2 saturated heterocycles. The van der Waals surface area contributed by atoms with Crippen molar-refractivity contribution in [3.05, 3.63) is 34.9 Å². The molecule has 3 aliphatic heterocycles. The van der Waals surface area contributed by atoms with E-state index >= 15 is 0 Å². The van der Waals surface area contributed by atoms with Crippen LogP contribution < -0.4 is 16.0 Å². The highest BCUT2D eigenvalue weighted by molar-refractivity contribution is 6.05. The van der Waals surface area contributed by atoms with Crippen molar-refractivity contribution in [3.63, 3.8) is 0 Å². The van der Waals surface area contributed by atoms with Crippen LogP contribution in [0.15, 0.2) is 18.2 Å². The van der Waals surface area contributed by atoms with E-state index in [0.29, 0.717) is 24.1 Å². The Balaban J connectivity index is 1.25. The van der Waals surface area contributed by atoms with E-state index in [2.05, 4.69) is 22.0 Å². The minimum absolute atomic E-state index is 0.109. The Labute approximate surface area is 170 Å². The molecule has 7 heteroatoms. The lowest BCUT2D eigenvalue weighted by Gasteiger charge is -2.32. The normalized spacial score (nSPS) is 26.4. The van der Waals surface area contributed by atoms with Gasteiger partial charge in [0.1, 0.15) is 6.04 Å². The second kappa shape index (κ2) is 7.22. The molecule has 3 heterocycles. The van der Waals surface area contributed by atoms with Gasteiger partial charge in [-0.15, -0.1) is 0 Å². The number of piperidine rings is 2. The number of amides is 3. The summed E-state index contributed by atoms with van der Waals surface area (Å²) in [6, 6.07) is 5.47. The molecule has 0 aromatic heterocycles. The van der Waals surface area contributed by atoms with Crippen LogP contribution in [-0.2, 0) is 22.7 Å². The monoisotopic (exact) mass is 396 g/mol. The lowest BCUT2D eigenvalue weighted by molar-refractivity contribution is -0.136. The molecule has 7 nitrogen and oxygen atoms in total. The summed E-state index contributed by atoms with van der Waals surface area (Å²) >= 11 is 0. The van der Waals surface area contributed by atoms with Crippen molar-refractivity contribution in [2.45, 2.75) is 63.2 Å². The van der Waals surface area contributed by atoms with Gasteiger partial charge in [-0.1, -0.05) is 12.1 Å². The molecule has 1 aliphatic carbocycles. The number of nitrogens with zero attached hydrogens (tertiary/aromatic N) is 1. The first-order chi connectivity index (χ1) is 14.1. The van der Waals surface area contributed by atoms with Crippen LogP contribution in [0.3, 0.4) is 0 Å². The molecule has 154 valence electrons. The zero-order valence-corrected chi connectivity index (χ0v) is 16.6. The van der Waals surface area contributed by atoms with E-state index in [9.17, 15) is 14.4 Å². The van der Waals surface area contributed by atoms with Crippen molar-refractivity contribution in [2.75, 3.05) is 13.1 Å². The molecule has 3 fully saturated rings. The van der Waals surface area contributed by atoms with Gasteiger partial charge in [-0.05, 0) is 68.3 Å². The molecule has 1 saturated carbocycles. The van der Waals surface area contributed by atoms with Crippen LogP contribution in [0, 0.1) is 5.92 Å². The highest BCUT2D eigenvalue weighted by atomic mass is 16.2. The van der Waals surface area contributed by atoms with Crippen molar-refractivity contribution in [1.82, 2.24) is 20.9 Å². The number of fused-ring (bicyclic) bond motifs is 1. The summed E-state index contributed by atoms with van der Waals surface area (Å²) < 4.78 is 0. The molecule has 1 atom stereocenters. The molecular formula is C22H28N4O3. The fourth-order valence-electron chi connectivity index (χ4n) is 5.25. The van der Waals surface area contributed by atoms with E-state index in [4.69, 9.17) is 0 Å². The number of imide groups is 1. The average molecular weight is 396 g/mol. The first-order valence-corrected chi connectivity index (χ1v) is 10.8. The van der Waals surface area contributed by atoms with Crippen molar-refractivity contribution < 1.29 is 14.4 Å². The van der Waals surface area contributed by atoms with Gasteiger partial charge in [0.15, 0.2) is 0 Å². The Hall–Kier alpha value is -2.25. The molecule has 0 spiro atoms. The number of carbonyl (C=O) groups is 3. The van der Waals surface area contributed by atoms with Crippen LogP contribution in [-0.4, -0.2) is 47.3 Å². The van der Waals surface area contributed by atoms with Gasteiger partial charge in [-0.3, -0.25) is 19.7 Å². The van der Waals surface area contributed by atoms with E-state index in [-0.39, 0.29) is 24.1 Å². The third-order valence-electron chi connectivity index (χ3n) is 7.14. The van der Waals surface area contributed by atoms with Gasteiger partial charge in [0.05, 0.1) is 0 Å². The topological polar surface area (TPSA) is 90.5 Å². The first-order valence-electron chi connectivity index (χ1n) is 10.8. The highest BCUT2D eigenvalue weighted by Crippen LogP contribution is 2.46. The van der Waals surface area contributed by atoms with Crippen molar-refractivity contribution in [2.24, 2.45) is 5.92 Å². The van der Waals surface area contributed by atoms with Crippen molar-refractivity contribution in [1.29, 1.82) is 0 Å². The highest BCUT2D eigenvalue weighted by Gasteiger charge is 2.48. The zero-order chi connectivity index (χ0) is 20.0. The maximum Gasteiger partial charge on any atom is 0.255 e. The van der Waals surface area contributed by atoms with Crippen LogP contribution in [0.25, 0.3) is 0 Å². The Bertz CT molecular complexity index is 858. The van der Waals surface area contributed by atoms with Crippen LogP contribution in [0.5, 0.6) is 0 Å². The van der Waals surface area contributed by atoms with Crippen LogP contribution >= 0.6 is 0 Å². The van der Waals surface area contributed by atoms with Crippen LogP contribution in [0.4, 0.5) is 0 Å². The van der Waals surface area contributed by atoms with Gasteiger partial charge in [0.2, 0.25) is 11.8 Å². The molecule has 3 amide bonds. The van der Waals surface area contributed by atoms with Gasteiger partial charge in [0, 0.05) is 30.6 Å². The lowest BCUT2D eigenvalue weighted by Crippen LogP contribution is -2.52. The van der Waals surface area contributed by atoms with Gasteiger partial charge in [-0.25, -0.2) is 0 Å². The SMILES string of the molecule is O=C1CCC(N2Cc3cc(CNC4(C5CCNCC5)CC4)ccc3C2=O)C(=O)N1. The lowest BCUT2D eigenvalue weighted by atomic mass is 9.88. The number of hydrogen-bond donors (Lipinski definition) is 3. The molecule has 5 rings (SSSR count). The predicted octanol–water partition coefficient (Wildman–Crippen LogP) is 1.07. The van der Waals surface area contributed by atoms with E-state index in [0.717, 1.165) is 31.1 Å². The Morgan fingerprint density at radius 2 is 1.90 bits per heavy atom. The second-order valence-electron chi connectivity index (χ2n) is 8.93. The van der Waals surface area contributed by atoms with Crippen molar-refractivity contribution in [3.8, 4) is 0 Å². The predicted molar refractivity (Wildman–Crippen MR) is 107 cm³/mol. The van der Waals surface area contributed by atoms with Gasteiger partial charge >= 0.3 is 0 Å². The molecule has 29 heavy (non-hydrogen) atoms. The zero-order valence-electron chi connectivity index (χ0n) is 16.6. The van der Waals surface area contributed by atoms with E-state index < -0.39 is 6.04 Å². The van der Waals surface area contributed by atoms with Gasteiger partial charge < -0.3 is 15.5 Å². The summed E-state index contributed by atoms with van der Waals surface area (Å²) in [7, 11) is 0. The third kappa shape index (κ3) is 3.46. The fraction of sp³-hybridized carbons (Fsp3) is 0.591. The number of nitrogens with one attached hydrogen (secondary N) is 3. The Morgan fingerprint density at radius 3 is 2.62 bits per heavy atom. The standard InChI is InChI=1S/C22H28N4O3/c27-19-4-3-18(20(28)25-19)26-13-15-11-14(1-2-17(15)21(26)29)12-24-22(7-8-22)16-5-9-23-10-6-16/h1-2,11,16,18,23-24H,3-10,12-13H2,(H,25,27,28). The number of carbonyl (C=O) groups excluding carboxylic acids is 3. The first kappa shape index (κ1) is 18.8. The molecule has 3 N–H and O–H groups in total. The summed E-state index contributed by atoms with van der Waals surface area (Å²) in [5.74, 6) is 0.0265. The molecule has 4 aliphatic rings. The van der Waals surface area contributed by atoms with Crippen LogP contribution in [0.1, 0.15) is 60.0 Å². The second-order valence-corrected chi connectivity index (χ2v) is 8.93. The largest absolute Gasteiger partial charge is 0.322 e. The molecule has 1 aromatic rings. The smallest absolute Gasteiger partial charge is 0.255 e. The van der Waals surface area contributed by atoms with Crippen LogP contribution in [0.2, 0.25) is 0 Å². The Morgan fingerprint density at radius 1 is 1.10 bits per heavy atom. The summed E-state index contributed by atoms with van der Waals surface area (Å²) in [4.78, 5) is 38.0. The maximum absolute atomic E-state index is 12.8. The van der Waals surface area contributed by atoms with E-state index in [1.807, 2.05) is 12.1 Å². The Kier molecular flexibility index (Phi) is 4.67. The number of hydrogen-bond acceptors (Lipinski definition) is 5. The van der Waals surface area contributed by atoms with Gasteiger partial charge in [0.25, 0.3) is 5.91 Å². The summed E-state index contributed by atoms with van der Waals surface area (Å²) in [5.41, 5.74) is 3.14. The molecule has 1 unspecified atom stereocenters. The van der Waals surface area contributed by atoms with Crippen molar-refractivity contribution >= 4 is 17.7 Å². The quantitative estimate of drug-likeness (QED) is 0.648. The fourth-order valence-corrected chi connectivity index (χ4v) is 5.25. The van der Waals surface area contributed by atoms with E-state index in [1.54, 1.807) is 4.90 Å². The van der Waals surface area contributed by atoms with Gasteiger partial charge in [-0.2, -0.15) is 0 Å². The molecule has 0 bridgehead atoms. The number of benzene rings is 1. The minimum atomic E-state index is -0.552. The summed E-state index contributed by atoms with van der Waals surface area (Å²) in [6.45, 7) is 3.48. The summed E-state index contributed by atoms with van der Waals surface area (Å²) in [5, 5.41) is 9.62. The third-order valence-corrected chi connectivity index (χ3v) is 7.14. The molecular weight excluding hydrogens is 368 g/mol. The molecule has 0 radical (unpaired) electrons. The summed E-state index contributed by atoms with van der Waals surface area (Å²) in [6.07, 6.45) is 5.68. The number of rotatable bonds is 5.